The molecule has 0 atom stereocenters. The summed E-state index contributed by atoms with van der Waals surface area (Å²) in [7, 11) is 1.38. The van der Waals surface area contributed by atoms with Crippen molar-refractivity contribution in [2.24, 2.45) is 5.10 Å². The van der Waals surface area contributed by atoms with Crippen LogP contribution >= 0.6 is 11.3 Å². The number of hydrogen-bond donors (Lipinski definition) is 1. The minimum absolute atomic E-state index is 0.0510. The van der Waals surface area contributed by atoms with Crippen molar-refractivity contribution in [3.8, 4) is 5.75 Å². The van der Waals surface area contributed by atoms with Crippen LogP contribution in [0.4, 0.5) is 5.69 Å². The quantitative estimate of drug-likeness (QED) is 0.521. The molecule has 0 saturated heterocycles. The van der Waals surface area contributed by atoms with Gasteiger partial charge in [0.1, 0.15) is 5.75 Å². The molecule has 1 amide bonds. The molecular weight excluding hydrogens is 294 g/mol. The van der Waals surface area contributed by atoms with E-state index < -0.39 is 10.8 Å². The van der Waals surface area contributed by atoms with Crippen molar-refractivity contribution in [1.29, 1.82) is 0 Å². The summed E-state index contributed by atoms with van der Waals surface area (Å²) in [6.45, 7) is 0. The lowest BCUT2D eigenvalue weighted by Crippen LogP contribution is -2.18. The van der Waals surface area contributed by atoms with Crippen molar-refractivity contribution in [2.75, 3.05) is 7.11 Å². The highest BCUT2D eigenvalue weighted by Gasteiger charge is 2.17. The summed E-state index contributed by atoms with van der Waals surface area (Å²) >= 11 is 1.47. The number of nitro benzene ring substituents is 1. The van der Waals surface area contributed by atoms with Crippen molar-refractivity contribution in [3.63, 3.8) is 0 Å². The number of rotatable bonds is 5. The Morgan fingerprint density at radius 2 is 2.29 bits per heavy atom. The van der Waals surface area contributed by atoms with Gasteiger partial charge in [-0.2, -0.15) is 5.10 Å². The zero-order valence-corrected chi connectivity index (χ0v) is 11.8. The summed E-state index contributed by atoms with van der Waals surface area (Å²) in [6.07, 6.45) is 1.49. The standard InChI is InChI=1S/C13H11N3O4S/c1-20-12-5-4-9(16(18)19)7-11(12)13(17)15-14-8-10-3-2-6-21-10/h2-8H,1H3,(H,15,17)/b14-8-. The van der Waals surface area contributed by atoms with E-state index >= 15 is 0 Å². The maximum Gasteiger partial charge on any atom is 0.275 e. The highest BCUT2D eigenvalue weighted by atomic mass is 32.1. The normalized spacial score (nSPS) is 10.5. The number of thiophene rings is 1. The highest BCUT2D eigenvalue weighted by Crippen LogP contribution is 2.23. The van der Waals surface area contributed by atoms with Gasteiger partial charge in [-0.3, -0.25) is 14.9 Å². The second-order valence-corrected chi connectivity index (χ2v) is 4.84. The Morgan fingerprint density at radius 1 is 1.48 bits per heavy atom. The predicted octanol–water partition coefficient (Wildman–Crippen LogP) is 2.43. The van der Waals surface area contributed by atoms with Crippen molar-refractivity contribution in [1.82, 2.24) is 5.43 Å². The van der Waals surface area contributed by atoms with Gasteiger partial charge in [-0.1, -0.05) is 6.07 Å². The van der Waals surface area contributed by atoms with Crippen LogP contribution in [0.25, 0.3) is 0 Å². The topological polar surface area (TPSA) is 93.8 Å². The summed E-state index contributed by atoms with van der Waals surface area (Å²) in [5.41, 5.74) is 2.17. The number of methoxy groups -OCH3 is 1. The zero-order valence-electron chi connectivity index (χ0n) is 11.0. The van der Waals surface area contributed by atoms with Gasteiger partial charge in [-0.05, 0) is 17.5 Å². The molecule has 0 fully saturated rings. The molecule has 0 bridgehead atoms. The number of ether oxygens (including phenoxy) is 1. The first-order valence-corrected chi connectivity index (χ1v) is 6.69. The molecule has 0 radical (unpaired) electrons. The Hall–Kier alpha value is -2.74. The van der Waals surface area contributed by atoms with Gasteiger partial charge in [0, 0.05) is 17.0 Å². The summed E-state index contributed by atoms with van der Waals surface area (Å²) in [6, 6.07) is 7.49. The van der Waals surface area contributed by atoms with E-state index in [2.05, 4.69) is 10.5 Å². The van der Waals surface area contributed by atoms with Gasteiger partial charge in [-0.25, -0.2) is 5.43 Å². The molecule has 0 aliphatic carbocycles. The molecule has 1 aromatic heterocycles. The molecule has 108 valence electrons. The maximum absolute atomic E-state index is 12.0. The van der Waals surface area contributed by atoms with Gasteiger partial charge in [0.25, 0.3) is 11.6 Å². The Labute approximate surface area is 124 Å². The maximum atomic E-state index is 12.0. The van der Waals surface area contributed by atoms with Gasteiger partial charge in [0.2, 0.25) is 0 Å². The summed E-state index contributed by atoms with van der Waals surface area (Å²) in [5, 5.41) is 16.4. The Kier molecular flexibility index (Phi) is 4.62. The second kappa shape index (κ2) is 6.62. The second-order valence-electron chi connectivity index (χ2n) is 3.86. The smallest absolute Gasteiger partial charge is 0.275 e. The molecule has 8 heteroatoms. The number of nitro groups is 1. The fourth-order valence-electron chi connectivity index (χ4n) is 1.57. The van der Waals surface area contributed by atoms with Gasteiger partial charge in [-0.15, -0.1) is 11.3 Å². The van der Waals surface area contributed by atoms with Crippen LogP contribution in [0.1, 0.15) is 15.2 Å². The summed E-state index contributed by atoms with van der Waals surface area (Å²) in [5.74, 6) is -0.340. The first-order valence-electron chi connectivity index (χ1n) is 5.81. The number of nitrogens with zero attached hydrogens (tertiary/aromatic N) is 2. The van der Waals surface area contributed by atoms with Crippen LogP contribution < -0.4 is 10.2 Å². The zero-order chi connectivity index (χ0) is 15.2. The van der Waals surface area contributed by atoms with Crippen molar-refractivity contribution in [2.45, 2.75) is 0 Å². The molecule has 7 nitrogen and oxygen atoms in total. The third-order valence-corrected chi connectivity index (χ3v) is 3.35. The molecule has 2 rings (SSSR count). The number of carbonyl (C=O) groups is 1. The van der Waals surface area contributed by atoms with E-state index in [1.54, 1.807) is 0 Å². The molecule has 1 N–H and O–H groups in total. The summed E-state index contributed by atoms with van der Waals surface area (Å²) < 4.78 is 5.02. The largest absolute Gasteiger partial charge is 0.496 e. The number of nitrogens with one attached hydrogen (secondary N) is 1. The molecule has 0 aliphatic heterocycles. The van der Waals surface area contributed by atoms with Crippen LogP contribution in [-0.4, -0.2) is 24.2 Å². The first kappa shape index (κ1) is 14.7. The molecule has 1 aromatic carbocycles. The number of amides is 1. The minimum atomic E-state index is -0.580. The van der Waals surface area contributed by atoms with E-state index in [0.717, 1.165) is 10.9 Å². The third kappa shape index (κ3) is 3.63. The Morgan fingerprint density at radius 3 is 2.90 bits per heavy atom. The van der Waals surface area contributed by atoms with E-state index in [1.165, 1.54) is 36.8 Å². The van der Waals surface area contributed by atoms with Crippen LogP contribution in [0.2, 0.25) is 0 Å². The number of benzene rings is 1. The van der Waals surface area contributed by atoms with E-state index in [1.807, 2.05) is 17.5 Å². The Balaban J connectivity index is 2.17. The third-order valence-electron chi connectivity index (χ3n) is 2.54. The van der Waals surface area contributed by atoms with Gasteiger partial charge in [0.05, 0.1) is 23.8 Å². The minimum Gasteiger partial charge on any atom is -0.496 e. The van der Waals surface area contributed by atoms with Crippen LogP contribution in [0, 0.1) is 10.1 Å². The number of hydrogen-bond acceptors (Lipinski definition) is 6. The van der Waals surface area contributed by atoms with Crippen LogP contribution in [-0.2, 0) is 0 Å². The van der Waals surface area contributed by atoms with Crippen LogP contribution in [0.5, 0.6) is 5.75 Å². The molecular formula is C13H11N3O4S. The SMILES string of the molecule is COc1ccc([N+](=O)[O-])cc1C(=O)N/N=C\c1cccs1. The summed E-state index contributed by atoms with van der Waals surface area (Å²) in [4.78, 5) is 23.1. The fraction of sp³-hybridized carbons (Fsp3) is 0.0769. The van der Waals surface area contributed by atoms with Gasteiger partial charge in [0.15, 0.2) is 0 Å². The molecule has 2 aromatic rings. The number of hydrazone groups is 1. The highest BCUT2D eigenvalue weighted by molar-refractivity contribution is 7.11. The van der Waals surface area contributed by atoms with Crippen molar-refractivity contribution < 1.29 is 14.5 Å². The Bertz CT molecular complexity index is 683. The molecule has 0 saturated carbocycles. The van der Waals surface area contributed by atoms with Crippen LogP contribution in [0.15, 0.2) is 40.8 Å². The van der Waals surface area contributed by atoms with E-state index in [4.69, 9.17) is 4.74 Å². The number of non-ortho nitro benzene ring substituents is 1. The monoisotopic (exact) mass is 305 g/mol. The lowest BCUT2D eigenvalue weighted by molar-refractivity contribution is -0.384. The average molecular weight is 305 g/mol. The average Bonchev–Trinajstić information content (AvgIpc) is 2.99. The molecule has 1 heterocycles. The van der Waals surface area contributed by atoms with E-state index in [9.17, 15) is 14.9 Å². The molecule has 0 unspecified atom stereocenters. The van der Waals surface area contributed by atoms with Crippen molar-refractivity contribution in [3.05, 3.63) is 56.3 Å². The first-order chi connectivity index (χ1) is 10.1. The molecule has 0 spiro atoms. The number of carbonyl (C=O) groups excluding carboxylic acids is 1. The molecule has 0 aliphatic rings. The van der Waals surface area contributed by atoms with E-state index in [0.29, 0.717) is 0 Å². The fourth-order valence-corrected chi connectivity index (χ4v) is 2.15. The lowest BCUT2D eigenvalue weighted by Gasteiger charge is -2.06. The predicted molar refractivity (Wildman–Crippen MR) is 79.0 cm³/mol. The molecule has 21 heavy (non-hydrogen) atoms. The van der Waals surface area contributed by atoms with Crippen LogP contribution in [0.3, 0.4) is 0 Å². The van der Waals surface area contributed by atoms with Gasteiger partial charge >= 0.3 is 0 Å². The lowest BCUT2D eigenvalue weighted by atomic mass is 10.1. The van der Waals surface area contributed by atoms with Gasteiger partial charge < -0.3 is 4.74 Å². The van der Waals surface area contributed by atoms with Crippen molar-refractivity contribution >= 4 is 29.1 Å². The van der Waals surface area contributed by atoms with E-state index in [-0.39, 0.29) is 17.0 Å².